The van der Waals surface area contributed by atoms with Crippen LogP contribution < -0.4 is 11.2 Å². The van der Waals surface area contributed by atoms with Gasteiger partial charge in [0.1, 0.15) is 17.7 Å². The number of methoxy groups -OCH3 is 1. The van der Waals surface area contributed by atoms with Gasteiger partial charge in [0.2, 0.25) is 11.6 Å². The first-order valence-corrected chi connectivity index (χ1v) is 13.5. The first-order chi connectivity index (χ1) is 19.4. The summed E-state index contributed by atoms with van der Waals surface area (Å²) in [5.74, 6) is 7.70. The molecule has 10 nitrogen and oxygen atoms in total. The van der Waals surface area contributed by atoms with Gasteiger partial charge in [-0.1, -0.05) is 19.4 Å². The molecule has 1 fully saturated rings. The van der Waals surface area contributed by atoms with Gasteiger partial charge in [0, 0.05) is 31.5 Å². The van der Waals surface area contributed by atoms with Gasteiger partial charge in [-0.3, -0.25) is 14.6 Å². The highest BCUT2D eigenvalue weighted by Gasteiger charge is 2.48. The number of amides is 2. The summed E-state index contributed by atoms with van der Waals surface area (Å²) in [7, 11) is 1.59. The molecule has 1 saturated heterocycles. The fourth-order valence-electron chi connectivity index (χ4n) is 5.25. The van der Waals surface area contributed by atoms with Crippen molar-refractivity contribution >= 4 is 29.7 Å². The van der Waals surface area contributed by atoms with Crippen LogP contribution in [0.2, 0.25) is 0 Å². The molecule has 0 bridgehead atoms. The number of pyridine rings is 1. The number of hydrogen-bond donors (Lipinski definition) is 2. The van der Waals surface area contributed by atoms with Crippen LogP contribution in [0, 0.1) is 0 Å². The Kier molecular flexibility index (Phi) is 8.11. The first-order valence-electron chi connectivity index (χ1n) is 13.5. The van der Waals surface area contributed by atoms with Crippen LogP contribution in [0.15, 0.2) is 88.5 Å². The molecule has 3 N–H and O–H groups in total. The Morgan fingerprint density at radius 1 is 1.25 bits per heavy atom. The molecule has 206 valence electrons. The number of ether oxygens (including phenoxy) is 1. The number of aryl methyl sites for hydroxylation is 1. The number of nitrogens with zero attached hydrogens (tertiary/aromatic N) is 5. The molecule has 2 aromatic rings. The van der Waals surface area contributed by atoms with Gasteiger partial charge in [0.25, 0.3) is 11.7 Å². The summed E-state index contributed by atoms with van der Waals surface area (Å²) in [6, 6.07) is 10.8. The SMILES string of the molecule is CCCc1ccnc(NC(=O)c2ccc(C3=NC(C4CCCN4C(=O)/C=C/COC)=C4C=NC=C[N+]34N)cc2)c1. The summed E-state index contributed by atoms with van der Waals surface area (Å²) in [6.45, 7) is 3.12. The van der Waals surface area contributed by atoms with Crippen LogP contribution in [-0.4, -0.2) is 64.6 Å². The minimum Gasteiger partial charge on any atom is -0.381 e. The summed E-state index contributed by atoms with van der Waals surface area (Å²) in [5.41, 5.74) is 3.85. The summed E-state index contributed by atoms with van der Waals surface area (Å²) < 4.78 is 4.88. The smallest absolute Gasteiger partial charge is 0.264 e. The van der Waals surface area contributed by atoms with E-state index in [-0.39, 0.29) is 22.4 Å². The van der Waals surface area contributed by atoms with Gasteiger partial charge < -0.3 is 15.0 Å². The lowest BCUT2D eigenvalue weighted by molar-refractivity contribution is -0.750. The van der Waals surface area contributed by atoms with E-state index in [4.69, 9.17) is 15.6 Å². The second kappa shape index (κ2) is 11.9. The van der Waals surface area contributed by atoms with Crippen LogP contribution in [0.25, 0.3) is 0 Å². The van der Waals surface area contributed by atoms with E-state index in [0.29, 0.717) is 30.4 Å². The summed E-state index contributed by atoms with van der Waals surface area (Å²) in [6.07, 6.45) is 13.7. The van der Waals surface area contributed by atoms with E-state index in [2.05, 4.69) is 22.2 Å². The number of carbonyl (C=O) groups is 2. The first kappa shape index (κ1) is 27.3. The number of amidine groups is 1. The van der Waals surface area contributed by atoms with Crippen molar-refractivity contribution in [2.24, 2.45) is 15.8 Å². The number of allylic oxidation sites excluding steroid dienone is 1. The molecule has 1 aromatic heterocycles. The Hall–Kier alpha value is -4.25. The molecule has 40 heavy (non-hydrogen) atoms. The highest BCUT2D eigenvalue weighted by atomic mass is 16.5. The molecular formula is C30H34N7O3+. The maximum Gasteiger partial charge on any atom is 0.264 e. The molecule has 0 spiro atoms. The van der Waals surface area contributed by atoms with Gasteiger partial charge in [0.05, 0.1) is 30.6 Å². The number of aliphatic imine (C=N–C) groups is 2. The van der Waals surface area contributed by atoms with Crippen LogP contribution in [0.3, 0.4) is 0 Å². The molecule has 2 unspecified atom stereocenters. The standard InChI is InChI=1S/C30H33N7O3/c1-3-6-21-13-14-33-26(19-21)34-30(39)23-11-9-22(10-12-23)29-35-28(25-20-32-15-17-37(25,29)31)24-7-4-16-36(24)27(38)8-5-18-40-2/h5,8-15,17,19-20,24H,3-4,6-7,16,18,31H2,1-2H3/p+1/b8-5+. The van der Waals surface area contributed by atoms with Crippen LogP contribution in [0.1, 0.15) is 47.7 Å². The third kappa shape index (κ3) is 5.42. The molecule has 2 atom stereocenters. The molecule has 1 aromatic carbocycles. The Morgan fingerprint density at radius 3 is 2.85 bits per heavy atom. The topological polar surface area (TPSA) is 122 Å². The molecule has 10 heteroatoms. The fourth-order valence-corrected chi connectivity index (χ4v) is 5.25. The Morgan fingerprint density at radius 2 is 2.08 bits per heavy atom. The zero-order chi connectivity index (χ0) is 28.1. The number of hydrogen-bond acceptors (Lipinski definition) is 7. The number of quaternary nitrogens is 1. The van der Waals surface area contributed by atoms with Gasteiger partial charge in [-0.05, 0) is 61.2 Å². The third-order valence-electron chi connectivity index (χ3n) is 7.21. The highest BCUT2D eigenvalue weighted by Crippen LogP contribution is 2.37. The van der Waals surface area contributed by atoms with Crippen LogP contribution >= 0.6 is 0 Å². The van der Waals surface area contributed by atoms with Crippen molar-refractivity contribution in [2.75, 3.05) is 25.6 Å². The number of anilines is 1. The molecule has 0 aliphatic carbocycles. The fraction of sp³-hybridized carbons (Fsp3) is 0.300. The van der Waals surface area contributed by atoms with Gasteiger partial charge in [-0.25, -0.2) is 4.98 Å². The number of benzene rings is 1. The monoisotopic (exact) mass is 540 g/mol. The molecule has 0 saturated carbocycles. The number of rotatable bonds is 9. The normalized spacial score (nSPS) is 21.7. The average Bonchev–Trinajstić information content (AvgIpc) is 3.56. The maximum absolute atomic E-state index is 12.9. The van der Waals surface area contributed by atoms with E-state index in [1.54, 1.807) is 56.2 Å². The van der Waals surface area contributed by atoms with E-state index < -0.39 is 0 Å². The summed E-state index contributed by atoms with van der Waals surface area (Å²) in [4.78, 5) is 41.3. The van der Waals surface area contributed by atoms with Gasteiger partial charge in [-0.2, -0.15) is 10.8 Å². The van der Waals surface area contributed by atoms with E-state index in [9.17, 15) is 9.59 Å². The molecule has 0 radical (unpaired) electrons. The molecule has 4 heterocycles. The third-order valence-corrected chi connectivity index (χ3v) is 7.21. The number of nitrogens with one attached hydrogen (secondary N) is 1. The minimum atomic E-state index is -0.246. The molecule has 5 rings (SSSR count). The van der Waals surface area contributed by atoms with Crippen molar-refractivity contribution in [1.29, 1.82) is 0 Å². The van der Waals surface area contributed by atoms with Crippen molar-refractivity contribution in [3.63, 3.8) is 0 Å². The lowest BCUT2D eigenvalue weighted by Gasteiger charge is -2.27. The molecular weight excluding hydrogens is 506 g/mol. The summed E-state index contributed by atoms with van der Waals surface area (Å²) >= 11 is 0. The lowest BCUT2D eigenvalue weighted by Crippen LogP contribution is -2.53. The van der Waals surface area contributed by atoms with Crippen molar-refractivity contribution < 1.29 is 18.9 Å². The minimum absolute atomic E-state index is 0.0835. The van der Waals surface area contributed by atoms with Crippen molar-refractivity contribution in [3.05, 3.63) is 95.2 Å². The van der Waals surface area contributed by atoms with Gasteiger partial charge in [-0.15, -0.1) is 4.59 Å². The van der Waals surface area contributed by atoms with Crippen molar-refractivity contribution in [2.45, 2.75) is 38.6 Å². The molecule has 2 amide bonds. The average molecular weight is 541 g/mol. The van der Waals surface area contributed by atoms with Crippen molar-refractivity contribution in [3.8, 4) is 0 Å². The van der Waals surface area contributed by atoms with Crippen LogP contribution in [-0.2, 0) is 16.0 Å². The number of aromatic nitrogens is 1. The van der Waals surface area contributed by atoms with E-state index in [1.165, 1.54) is 0 Å². The Balaban J connectivity index is 1.39. The van der Waals surface area contributed by atoms with Crippen molar-refractivity contribution in [1.82, 2.24) is 9.88 Å². The van der Waals surface area contributed by atoms with Crippen LogP contribution in [0.5, 0.6) is 0 Å². The molecule has 3 aliphatic rings. The zero-order valence-corrected chi connectivity index (χ0v) is 22.8. The van der Waals surface area contributed by atoms with E-state index >= 15 is 0 Å². The highest BCUT2D eigenvalue weighted by molar-refractivity contribution is 6.05. The number of nitrogens with two attached hydrogens (primary N) is 1. The quantitative estimate of drug-likeness (QED) is 0.285. The van der Waals surface area contributed by atoms with Gasteiger partial charge in [0.15, 0.2) is 0 Å². The van der Waals surface area contributed by atoms with E-state index in [1.807, 2.05) is 29.2 Å². The van der Waals surface area contributed by atoms with Crippen LogP contribution in [0.4, 0.5) is 5.82 Å². The number of likely N-dealkylation sites (tertiary alicyclic amines) is 1. The second-order valence-electron chi connectivity index (χ2n) is 9.94. The lowest BCUT2D eigenvalue weighted by atomic mass is 10.1. The summed E-state index contributed by atoms with van der Waals surface area (Å²) in [5, 5.41) is 2.88. The maximum atomic E-state index is 12.9. The predicted octanol–water partition coefficient (Wildman–Crippen LogP) is 3.70. The Labute approximate surface area is 233 Å². The largest absolute Gasteiger partial charge is 0.381 e. The van der Waals surface area contributed by atoms with E-state index in [0.717, 1.165) is 48.2 Å². The zero-order valence-electron chi connectivity index (χ0n) is 22.8. The van der Waals surface area contributed by atoms with Gasteiger partial charge >= 0.3 is 0 Å². The Bertz CT molecular complexity index is 1440. The molecule has 3 aliphatic heterocycles. The number of carbonyl (C=O) groups excluding carboxylic acids is 2. The predicted molar refractivity (Wildman–Crippen MR) is 154 cm³/mol. The number of fused-ring (bicyclic) bond motifs is 1. The second-order valence-corrected chi connectivity index (χ2v) is 9.94.